The number of rotatable bonds is 10. The number of esters is 1. The molecule has 6 N–H and O–H groups in total. The predicted octanol–water partition coefficient (Wildman–Crippen LogP) is 2.40. The van der Waals surface area contributed by atoms with Gasteiger partial charge >= 0.3 is 12.6 Å². The highest BCUT2D eigenvalue weighted by molar-refractivity contribution is 8.09. The molecule has 1 aliphatic rings. The molecule has 2 aromatic heterocycles. The highest BCUT2D eigenvalue weighted by Gasteiger charge is 2.58. The molecule has 0 radical (unpaired) electrons. The van der Waals surface area contributed by atoms with Crippen molar-refractivity contribution in [1.29, 1.82) is 0 Å². The van der Waals surface area contributed by atoms with Gasteiger partial charge in [-0.2, -0.15) is 9.97 Å². The van der Waals surface area contributed by atoms with Gasteiger partial charge in [-0.05, 0) is 44.7 Å². The molecule has 13 nitrogen and oxygen atoms in total. The smallest absolute Gasteiger partial charge is 0.323 e. The third kappa shape index (κ3) is 6.40. The second-order valence-electron chi connectivity index (χ2n) is 8.97. The van der Waals surface area contributed by atoms with E-state index in [2.05, 4.69) is 20.0 Å². The molecule has 0 amide bonds. The van der Waals surface area contributed by atoms with Gasteiger partial charge in [-0.15, -0.1) is 0 Å². The van der Waals surface area contributed by atoms with Crippen LogP contribution in [0.15, 0.2) is 36.7 Å². The van der Waals surface area contributed by atoms with E-state index in [1.165, 1.54) is 13.3 Å². The molecule has 17 heteroatoms. The normalized spacial score (nSPS) is 25.5. The number of aliphatic hydroxyl groups is 1. The highest BCUT2D eigenvalue weighted by atomic mass is 35.5. The molecule has 3 aromatic rings. The van der Waals surface area contributed by atoms with Crippen molar-refractivity contribution in [2.75, 3.05) is 18.1 Å². The van der Waals surface area contributed by atoms with E-state index in [4.69, 9.17) is 53.4 Å². The van der Waals surface area contributed by atoms with Crippen molar-refractivity contribution in [3.8, 4) is 5.75 Å². The van der Waals surface area contributed by atoms with Gasteiger partial charge in [-0.3, -0.25) is 9.36 Å². The number of nitrogen functional groups attached to an aromatic ring is 2. The maximum Gasteiger partial charge on any atom is 0.323 e. The number of nitrogens with zero attached hydrogens (tertiary/aromatic N) is 4. The van der Waals surface area contributed by atoms with E-state index < -0.39 is 48.8 Å². The predicted molar refractivity (Wildman–Crippen MR) is 145 cm³/mol. The molecule has 4 rings (SSSR count). The first-order valence-electron chi connectivity index (χ1n) is 11.7. The van der Waals surface area contributed by atoms with Crippen molar-refractivity contribution in [3.05, 3.63) is 36.7 Å². The Hall–Kier alpha value is -2.65. The first kappa shape index (κ1) is 29.3. The number of nitrogens with two attached hydrogens (primary N) is 2. The summed E-state index contributed by atoms with van der Waals surface area (Å²) in [5, 5.41) is 10.8. The maximum absolute atomic E-state index is 15.7. The number of fused-ring (bicyclic) bond motifs is 1. The summed E-state index contributed by atoms with van der Waals surface area (Å²) in [4.78, 5) is 24.4. The molecule has 0 aliphatic carbocycles. The molecule has 0 spiro atoms. The van der Waals surface area contributed by atoms with Gasteiger partial charge in [0.2, 0.25) is 5.95 Å². The van der Waals surface area contributed by atoms with Crippen molar-refractivity contribution in [3.63, 3.8) is 0 Å². The largest absolute Gasteiger partial charge is 0.462 e. The van der Waals surface area contributed by atoms with Crippen molar-refractivity contribution < 1.29 is 32.8 Å². The van der Waals surface area contributed by atoms with Gasteiger partial charge in [0.25, 0.3) is 5.13 Å². The number of carbonyl (C=O) groups excluding carboxylic acids is 1. The van der Waals surface area contributed by atoms with Gasteiger partial charge in [0.05, 0.1) is 19.0 Å². The van der Waals surface area contributed by atoms with Crippen LogP contribution in [0.1, 0.15) is 27.0 Å². The van der Waals surface area contributed by atoms with Crippen LogP contribution in [-0.2, 0) is 30.6 Å². The van der Waals surface area contributed by atoms with E-state index in [1.54, 1.807) is 44.2 Å². The minimum Gasteiger partial charge on any atom is -0.462 e. The number of para-hydroxylation sites is 1. The molecule has 6 atom stereocenters. The fourth-order valence-electron chi connectivity index (χ4n) is 3.74. The van der Waals surface area contributed by atoms with Crippen LogP contribution < -0.4 is 21.1 Å². The van der Waals surface area contributed by atoms with Gasteiger partial charge in [-0.1, -0.05) is 29.8 Å². The molecule has 1 aromatic carbocycles. The third-order valence-electron chi connectivity index (χ3n) is 5.53. The molecule has 39 heavy (non-hydrogen) atoms. The number of aliphatic hydroxyl groups excluding tert-OH is 1. The van der Waals surface area contributed by atoms with Crippen molar-refractivity contribution >= 4 is 58.9 Å². The van der Waals surface area contributed by atoms with E-state index in [-0.39, 0.29) is 29.0 Å². The summed E-state index contributed by atoms with van der Waals surface area (Å²) >= 11 is 11.8. The number of benzene rings is 1. The number of carbonyl (C=O) groups is 1. The van der Waals surface area contributed by atoms with Crippen LogP contribution in [0.3, 0.4) is 0 Å². The second-order valence-corrected chi connectivity index (χ2v) is 12.7. The number of aromatic nitrogens is 4. The Morgan fingerprint density at radius 2 is 2.03 bits per heavy atom. The quantitative estimate of drug-likeness (QED) is 0.151. The van der Waals surface area contributed by atoms with E-state index >= 15 is 4.39 Å². The molecule has 0 unspecified atom stereocenters. The Morgan fingerprint density at radius 1 is 1.33 bits per heavy atom. The fraction of sp³-hybridized carbons (Fsp3) is 0.455. The summed E-state index contributed by atoms with van der Waals surface area (Å²) < 4.78 is 39.6. The molecular formula is C22H28ClFN7O6PS. The maximum atomic E-state index is 15.7. The summed E-state index contributed by atoms with van der Waals surface area (Å²) in [7, 11) is 0. The lowest BCUT2D eigenvalue weighted by atomic mass is 10.1. The number of halogens is 2. The molecular weight excluding hydrogens is 576 g/mol. The SMILES string of the molecule is CC(C)OC(=O)[C@H](C)N[P@@](=S)(OC[C@H]1O[C@@H](n2cnc3c(N)nc(N)nc32)[C@@](F)(Cl)[C@@H]1O)Oc1ccccc1. The minimum atomic E-state index is -3.49. The zero-order chi connectivity index (χ0) is 28.5. The Morgan fingerprint density at radius 3 is 2.69 bits per heavy atom. The monoisotopic (exact) mass is 603 g/mol. The first-order chi connectivity index (χ1) is 18.3. The van der Waals surface area contributed by atoms with Gasteiger partial charge < -0.3 is 35.1 Å². The molecule has 212 valence electrons. The lowest BCUT2D eigenvalue weighted by Crippen LogP contribution is -2.40. The molecule has 1 aliphatic heterocycles. The summed E-state index contributed by atoms with van der Waals surface area (Å²) in [6.45, 7) is 1.01. The summed E-state index contributed by atoms with van der Waals surface area (Å²) in [6, 6.07) is 7.62. The van der Waals surface area contributed by atoms with Gasteiger partial charge in [0.15, 0.2) is 17.7 Å². The van der Waals surface area contributed by atoms with E-state index in [0.29, 0.717) is 5.75 Å². The zero-order valence-electron chi connectivity index (χ0n) is 21.1. The fourth-order valence-corrected chi connectivity index (χ4v) is 6.45. The lowest BCUT2D eigenvalue weighted by molar-refractivity contribution is -0.149. The summed E-state index contributed by atoms with van der Waals surface area (Å²) in [5.41, 5.74) is 11.7. The highest BCUT2D eigenvalue weighted by Crippen LogP contribution is 2.49. The average molecular weight is 604 g/mol. The van der Waals surface area contributed by atoms with E-state index in [9.17, 15) is 9.90 Å². The van der Waals surface area contributed by atoms with Gasteiger partial charge in [-0.25, -0.2) is 14.5 Å². The van der Waals surface area contributed by atoms with Crippen LogP contribution in [0.4, 0.5) is 16.2 Å². The zero-order valence-corrected chi connectivity index (χ0v) is 23.6. The average Bonchev–Trinajstić information content (AvgIpc) is 3.36. The first-order valence-corrected chi connectivity index (χ1v) is 14.8. The van der Waals surface area contributed by atoms with Crippen molar-refractivity contribution in [1.82, 2.24) is 24.6 Å². The van der Waals surface area contributed by atoms with Crippen LogP contribution in [-0.4, -0.2) is 66.7 Å². The standard InChI is InChI=1S/C22H28ClFN7O6PS/c1-11(2)35-19(33)12(3)30-38(39,37-13-7-5-4-6-8-13)34-9-14-16(32)22(23,24)20(36-14)31-10-27-15-17(25)28-21(26)29-18(15)31/h4-8,10-12,14,16,20,32H,9H2,1-3H3,(H,30,39)(H4,25,26,28,29)/t12-,14+,16+,20+,22+,38+/m0/s1. The number of nitrogens with one attached hydrogen (secondary N) is 1. The van der Waals surface area contributed by atoms with Crippen molar-refractivity contribution in [2.45, 2.75) is 56.5 Å². The minimum absolute atomic E-state index is 0.0244. The van der Waals surface area contributed by atoms with Gasteiger partial charge in [0, 0.05) is 0 Å². The van der Waals surface area contributed by atoms with Gasteiger partial charge in [0.1, 0.15) is 29.5 Å². The van der Waals surface area contributed by atoms with E-state index in [1.807, 2.05) is 0 Å². The molecule has 1 saturated heterocycles. The number of imidazole rings is 1. The van der Waals surface area contributed by atoms with E-state index in [0.717, 1.165) is 4.57 Å². The molecule has 0 saturated carbocycles. The van der Waals surface area contributed by atoms with Crippen LogP contribution in [0.2, 0.25) is 0 Å². The Bertz CT molecular complexity index is 1380. The van der Waals surface area contributed by atoms with Crippen LogP contribution in [0.5, 0.6) is 5.75 Å². The Balaban J connectivity index is 1.55. The number of ether oxygens (including phenoxy) is 2. The number of alkyl halides is 2. The Labute approximate surface area is 233 Å². The summed E-state index contributed by atoms with van der Waals surface area (Å²) in [6.07, 6.45) is -3.94. The third-order valence-corrected chi connectivity index (χ3v) is 8.44. The van der Waals surface area contributed by atoms with Crippen LogP contribution in [0, 0.1) is 0 Å². The number of hydrogen-bond acceptors (Lipinski definition) is 12. The second kappa shape index (κ2) is 11.5. The summed E-state index contributed by atoms with van der Waals surface area (Å²) in [5.74, 6) is -0.411. The van der Waals surface area contributed by atoms with Crippen LogP contribution in [0.25, 0.3) is 11.2 Å². The molecule has 1 fully saturated rings. The van der Waals surface area contributed by atoms with Crippen LogP contribution >= 0.6 is 18.2 Å². The Kier molecular flexibility index (Phi) is 8.61. The number of hydrogen-bond donors (Lipinski definition) is 4. The molecule has 3 heterocycles. The topological polar surface area (TPSA) is 182 Å². The molecule has 0 bridgehead atoms. The van der Waals surface area contributed by atoms with Crippen molar-refractivity contribution in [2.24, 2.45) is 0 Å². The lowest BCUT2D eigenvalue weighted by Gasteiger charge is -2.28. The number of anilines is 2.